The maximum atomic E-state index is 12.9. The Hall–Kier alpha value is -3.09. The predicted octanol–water partition coefficient (Wildman–Crippen LogP) is 5.79. The lowest BCUT2D eigenvalue weighted by atomic mass is 10.2. The van der Waals surface area contributed by atoms with Crippen LogP contribution < -0.4 is 15.4 Å². The van der Waals surface area contributed by atoms with Crippen molar-refractivity contribution >= 4 is 46.4 Å². The van der Waals surface area contributed by atoms with Gasteiger partial charge in [0.25, 0.3) is 11.8 Å². The fourth-order valence-electron chi connectivity index (χ4n) is 2.51. The minimum atomic E-state index is -0.806. The Morgan fingerprint density at radius 1 is 0.933 bits per heavy atom. The van der Waals surface area contributed by atoms with Crippen molar-refractivity contribution in [2.24, 2.45) is 0 Å². The van der Waals surface area contributed by atoms with E-state index in [4.69, 9.17) is 27.9 Å². The van der Waals surface area contributed by atoms with E-state index in [9.17, 15) is 14.0 Å². The van der Waals surface area contributed by atoms with E-state index in [2.05, 4.69) is 10.6 Å². The van der Waals surface area contributed by atoms with Crippen LogP contribution in [-0.2, 0) is 4.79 Å². The predicted molar refractivity (Wildman–Crippen MR) is 116 cm³/mol. The molecule has 0 aliphatic heterocycles. The second-order valence-corrected chi connectivity index (χ2v) is 7.20. The van der Waals surface area contributed by atoms with E-state index in [0.29, 0.717) is 32.7 Å². The Morgan fingerprint density at radius 3 is 2.27 bits per heavy atom. The number of hydrogen-bond donors (Lipinski definition) is 2. The molecular formula is C22H17Cl2FN2O3. The summed E-state index contributed by atoms with van der Waals surface area (Å²) in [6, 6.07) is 16.5. The zero-order valence-electron chi connectivity index (χ0n) is 15.8. The molecule has 0 aliphatic rings. The van der Waals surface area contributed by atoms with Gasteiger partial charge in [-0.15, -0.1) is 0 Å². The summed E-state index contributed by atoms with van der Waals surface area (Å²) in [6.07, 6.45) is -0.806. The quantitative estimate of drug-likeness (QED) is 0.503. The molecule has 8 heteroatoms. The third-order valence-corrected chi connectivity index (χ3v) is 4.65. The summed E-state index contributed by atoms with van der Waals surface area (Å²) in [5, 5.41) is 6.15. The van der Waals surface area contributed by atoms with E-state index in [-0.39, 0.29) is 17.6 Å². The molecule has 0 heterocycles. The van der Waals surface area contributed by atoms with Crippen LogP contribution in [0.5, 0.6) is 5.75 Å². The molecule has 30 heavy (non-hydrogen) atoms. The third-order valence-electron chi connectivity index (χ3n) is 4.09. The molecule has 0 saturated carbocycles. The van der Waals surface area contributed by atoms with Gasteiger partial charge in [-0.3, -0.25) is 9.59 Å². The zero-order valence-corrected chi connectivity index (χ0v) is 17.3. The maximum Gasteiger partial charge on any atom is 0.265 e. The Labute approximate surface area is 182 Å². The van der Waals surface area contributed by atoms with Crippen LogP contribution in [0.4, 0.5) is 15.8 Å². The van der Waals surface area contributed by atoms with Crippen molar-refractivity contribution in [3.8, 4) is 5.75 Å². The molecule has 5 nitrogen and oxygen atoms in total. The summed E-state index contributed by atoms with van der Waals surface area (Å²) < 4.78 is 18.5. The Morgan fingerprint density at radius 2 is 1.60 bits per heavy atom. The summed E-state index contributed by atoms with van der Waals surface area (Å²) in [5.41, 5.74) is 1.24. The monoisotopic (exact) mass is 446 g/mol. The number of benzene rings is 3. The molecule has 3 aromatic carbocycles. The number of nitrogens with one attached hydrogen (secondary N) is 2. The molecule has 3 aromatic rings. The number of ether oxygens (including phenoxy) is 1. The van der Waals surface area contributed by atoms with Gasteiger partial charge >= 0.3 is 0 Å². The van der Waals surface area contributed by atoms with E-state index >= 15 is 0 Å². The van der Waals surface area contributed by atoms with E-state index in [1.807, 2.05) is 0 Å². The van der Waals surface area contributed by atoms with Gasteiger partial charge in [0, 0.05) is 16.3 Å². The molecule has 0 aromatic heterocycles. The van der Waals surface area contributed by atoms with Crippen molar-refractivity contribution in [3.05, 3.63) is 88.2 Å². The van der Waals surface area contributed by atoms with E-state index in [0.717, 1.165) is 0 Å². The van der Waals surface area contributed by atoms with Gasteiger partial charge in [0.15, 0.2) is 6.10 Å². The lowest BCUT2D eigenvalue weighted by molar-refractivity contribution is -0.122. The first-order chi connectivity index (χ1) is 14.3. The minimum absolute atomic E-state index is 0.368. The van der Waals surface area contributed by atoms with Gasteiger partial charge in [0.05, 0.1) is 10.7 Å². The Kier molecular flexibility index (Phi) is 6.92. The van der Waals surface area contributed by atoms with E-state index in [1.54, 1.807) is 49.4 Å². The second kappa shape index (κ2) is 9.61. The molecule has 154 valence electrons. The first kappa shape index (κ1) is 21.6. The number of hydrogen-bond acceptors (Lipinski definition) is 3. The molecule has 2 amide bonds. The highest BCUT2D eigenvalue weighted by molar-refractivity contribution is 6.35. The highest BCUT2D eigenvalue weighted by Gasteiger charge is 2.16. The average Bonchev–Trinajstić information content (AvgIpc) is 2.72. The molecule has 3 rings (SSSR count). The van der Waals surface area contributed by atoms with Gasteiger partial charge in [0.2, 0.25) is 0 Å². The van der Waals surface area contributed by atoms with Crippen LogP contribution in [0.1, 0.15) is 17.3 Å². The number of halogens is 3. The van der Waals surface area contributed by atoms with Crippen LogP contribution in [0.3, 0.4) is 0 Å². The fourth-order valence-corrected chi connectivity index (χ4v) is 2.84. The molecule has 0 spiro atoms. The van der Waals surface area contributed by atoms with Gasteiger partial charge in [-0.05, 0) is 73.7 Å². The van der Waals surface area contributed by atoms with Gasteiger partial charge < -0.3 is 15.4 Å². The molecule has 1 unspecified atom stereocenters. The zero-order chi connectivity index (χ0) is 21.7. The first-order valence-corrected chi connectivity index (χ1v) is 9.67. The van der Waals surface area contributed by atoms with Crippen LogP contribution in [0.2, 0.25) is 10.0 Å². The molecule has 0 radical (unpaired) electrons. The van der Waals surface area contributed by atoms with Crippen LogP contribution >= 0.6 is 23.2 Å². The molecule has 0 bridgehead atoms. The summed E-state index contributed by atoms with van der Waals surface area (Å²) in [4.78, 5) is 24.6. The number of rotatable bonds is 6. The lowest BCUT2D eigenvalue weighted by Gasteiger charge is -2.15. The van der Waals surface area contributed by atoms with Gasteiger partial charge in [-0.2, -0.15) is 0 Å². The minimum Gasteiger partial charge on any atom is -0.481 e. The summed E-state index contributed by atoms with van der Waals surface area (Å²) >= 11 is 12.0. The number of carbonyl (C=O) groups is 2. The second-order valence-electron chi connectivity index (χ2n) is 6.36. The topological polar surface area (TPSA) is 67.4 Å². The third kappa shape index (κ3) is 5.72. The smallest absolute Gasteiger partial charge is 0.265 e. The van der Waals surface area contributed by atoms with Crippen molar-refractivity contribution in [2.45, 2.75) is 13.0 Å². The van der Waals surface area contributed by atoms with E-state index in [1.165, 1.54) is 24.3 Å². The van der Waals surface area contributed by atoms with Crippen LogP contribution in [0, 0.1) is 5.82 Å². The van der Waals surface area contributed by atoms with Crippen molar-refractivity contribution in [2.75, 3.05) is 10.6 Å². The number of anilines is 2. The molecule has 2 N–H and O–H groups in total. The Bertz CT molecular complexity index is 1060. The van der Waals surface area contributed by atoms with Crippen LogP contribution in [0.15, 0.2) is 66.7 Å². The average molecular weight is 447 g/mol. The highest BCUT2D eigenvalue weighted by atomic mass is 35.5. The summed E-state index contributed by atoms with van der Waals surface area (Å²) in [6.45, 7) is 1.58. The normalized spacial score (nSPS) is 11.5. The Balaban J connectivity index is 1.59. The van der Waals surface area contributed by atoms with Gasteiger partial charge in [-0.1, -0.05) is 23.2 Å². The standard InChI is InChI=1S/C22H17Cl2FN2O3/c1-13(21(28)26-17-7-5-16(25)6-8-17)30-18-9-2-14(3-10-18)22(29)27-20-12-15(23)4-11-19(20)24/h2-13H,1H3,(H,26,28)(H,27,29). The first-order valence-electron chi connectivity index (χ1n) is 8.91. The number of carbonyl (C=O) groups excluding carboxylic acids is 2. The lowest BCUT2D eigenvalue weighted by Crippen LogP contribution is -2.30. The van der Waals surface area contributed by atoms with Crippen LogP contribution in [-0.4, -0.2) is 17.9 Å². The molecule has 0 saturated heterocycles. The highest BCUT2D eigenvalue weighted by Crippen LogP contribution is 2.26. The molecular weight excluding hydrogens is 430 g/mol. The fraction of sp³-hybridized carbons (Fsp3) is 0.0909. The summed E-state index contributed by atoms with van der Waals surface area (Å²) in [5.74, 6) is -0.736. The van der Waals surface area contributed by atoms with Gasteiger partial charge in [0.1, 0.15) is 11.6 Å². The van der Waals surface area contributed by atoms with Crippen molar-refractivity contribution in [1.82, 2.24) is 0 Å². The molecule has 0 aliphatic carbocycles. The number of amides is 2. The largest absolute Gasteiger partial charge is 0.481 e. The molecule has 1 atom stereocenters. The van der Waals surface area contributed by atoms with Crippen molar-refractivity contribution < 1.29 is 18.7 Å². The van der Waals surface area contributed by atoms with Crippen LogP contribution in [0.25, 0.3) is 0 Å². The molecule has 0 fully saturated rings. The summed E-state index contributed by atoms with van der Waals surface area (Å²) in [7, 11) is 0. The maximum absolute atomic E-state index is 12.9. The van der Waals surface area contributed by atoms with Crippen molar-refractivity contribution in [1.29, 1.82) is 0 Å². The SMILES string of the molecule is CC(Oc1ccc(C(=O)Nc2cc(Cl)ccc2Cl)cc1)C(=O)Nc1ccc(F)cc1. The van der Waals surface area contributed by atoms with Gasteiger partial charge in [-0.25, -0.2) is 4.39 Å². The van der Waals surface area contributed by atoms with E-state index < -0.39 is 6.10 Å². The van der Waals surface area contributed by atoms with Crippen molar-refractivity contribution in [3.63, 3.8) is 0 Å².